The minimum Gasteiger partial charge on any atom is -0.492 e. The molecule has 0 spiro atoms. The number of rotatable bonds is 8. The molecular weight excluding hydrogens is 460 g/mol. The van der Waals surface area contributed by atoms with Gasteiger partial charge in [0.2, 0.25) is 0 Å². The van der Waals surface area contributed by atoms with Gasteiger partial charge in [0, 0.05) is 46.9 Å². The Morgan fingerprint density at radius 1 is 1.11 bits per heavy atom. The van der Waals surface area contributed by atoms with Crippen LogP contribution in [-0.2, 0) is 12.8 Å². The van der Waals surface area contributed by atoms with E-state index in [0.29, 0.717) is 29.6 Å². The number of nitrogens with zero attached hydrogens (tertiary/aromatic N) is 1. The topological polar surface area (TPSA) is 57.4 Å². The number of carbonyl (C=O) groups excluding carboxylic acids is 1. The van der Waals surface area contributed by atoms with Crippen LogP contribution >= 0.6 is 0 Å². The summed E-state index contributed by atoms with van der Waals surface area (Å²) in [5.41, 5.74) is 3.06. The average Bonchev–Trinajstić information content (AvgIpc) is 3.21. The number of H-pyrrole nitrogens is 1. The first kappa shape index (κ1) is 23.5. The number of ether oxygens (including phenoxy) is 1. The van der Waals surface area contributed by atoms with Crippen LogP contribution in [-0.4, -0.2) is 47.1 Å². The Bertz CT molecular complexity index is 1260. The summed E-state index contributed by atoms with van der Waals surface area (Å²) < 4.78 is 34.1. The lowest BCUT2D eigenvalue weighted by atomic mass is 9.87. The fraction of sp³-hybridized carbons (Fsp3) is 0.483. The van der Waals surface area contributed by atoms with Gasteiger partial charge < -0.3 is 15.0 Å². The van der Waals surface area contributed by atoms with Crippen molar-refractivity contribution in [3.63, 3.8) is 0 Å². The molecule has 3 aliphatic rings. The van der Waals surface area contributed by atoms with Gasteiger partial charge in [-0.25, -0.2) is 8.78 Å². The summed E-state index contributed by atoms with van der Waals surface area (Å²) in [5.74, 6) is -0.270. The Balaban J connectivity index is 1.16. The molecule has 2 fully saturated rings. The lowest BCUT2D eigenvalue weighted by molar-refractivity contribution is 0.0434. The molecule has 5 nitrogen and oxygen atoms in total. The van der Waals surface area contributed by atoms with Crippen LogP contribution in [0.3, 0.4) is 0 Å². The first-order chi connectivity index (χ1) is 17.6. The van der Waals surface area contributed by atoms with Crippen molar-refractivity contribution in [2.24, 2.45) is 0 Å². The Morgan fingerprint density at radius 3 is 2.69 bits per heavy atom. The summed E-state index contributed by atoms with van der Waals surface area (Å²) in [6, 6.07) is 9.15. The highest BCUT2D eigenvalue weighted by Gasteiger charge is 2.35. The van der Waals surface area contributed by atoms with Crippen molar-refractivity contribution in [1.82, 2.24) is 15.2 Å². The van der Waals surface area contributed by atoms with Crippen LogP contribution in [0.4, 0.5) is 8.78 Å². The Hall–Kier alpha value is -2.93. The van der Waals surface area contributed by atoms with Crippen molar-refractivity contribution < 1.29 is 18.3 Å². The van der Waals surface area contributed by atoms with E-state index in [9.17, 15) is 13.6 Å². The Labute approximate surface area is 210 Å². The van der Waals surface area contributed by atoms with E-state index in [1.165, 1.54) is 31.7 Å². The van der Waals surface area contributed by atoms with Crippen LogP contribution in [0.15, 0.2) is 36.5 Å². The van der Waals surface area contributed by atoms with Crippen molar-refractivity contribution in [1.29, 1.82) is 0 Å². The molecule has 1 atom stereocenters. The van der Waals surface area contributed by atoms with Crippen LogP contribution in [0.2, 0.25) is 0 Å². The Morgan fingerprint density at radius 2 is 1.94 bits per heavy atom. The normalized spacial score (nSPS) is 20.0. The number of aryl methyl sites for hydroxylation is 1. The molecule has 2 aliphatic carbocycles. The fourth-order valence-electron chi connectivity index (χ4n) is 5.88. The molecule has 36 heavy (non-hydrogen) atoms. The highest BCUT2D eigenvalue weighted by Crippen LogP contribution is 2.34. The number of fused-ring (bicyclic) bond motifs is 2. The molecule has 2 N–H and O–H groups in total. The molecule has 1 amide bonds. The van der Waals surface area contributed by atoms with Crippen molar-refractivity contribution in [2.75, 3.05) is 13.2 Å². The lowest BCUT2D eigenvalue weighted by Gasteiger charge is -2.44. The summed E-state index contributed by atoms with van der Waals surface area (Å²) in [6.45, 7) is 1.50. The number of hydrogen-bond donors (Lipinski definition) is 2. The zero-order chi connectivity index (χ0) is 24.6. The fourth-order valence-corrected chi connectivity index (χ4v) is 5.88. The minimum atomic E-state index is -0.553. The summed E-state index contributed by atoms with van der Waals surface area (Å²) in [5, 5.41) is 3.80. The highest BCUT2D eigenvalue weighted by molar-refractivity contribution is 5.96. The molecule has 0 radical (unpaired) electrons. The second-order valence-electron chi connectivity index (χ2n) is 10.6. The number of halogens is 2. The molecule has 0 saturated heterocycles. The molecule has 2 saturated carbocycles. The van der Waals surface area contributed by atoms with Gasteiger partial charge in [-0.2, -0.15) is 0 Å². The van der Waals surface area contributed by atoms with E-state index in [0.717, 1.165) is 67.2 Å². The van der Waals surface area contributed by atoms with Gasteiger partial charge in [-0.3, -0.25) is 9.69 Å². The number of hydrogen-bond acceptors (Lipinski definition) is 3. The quantitative estimate of drug-likeness (QED) is 0.435. The van der Waals surface area contributed by atoms with Crippen LogP contribution in [0.1, 0.15) is 66.4 Å². The summed E-state index contributed by atoms with van der Waals surface area (Å²) >= 11 is 0. The number of carbonyl (C=O) groups is 1. The van der Waals surface area contributed by atoms with Crippen LogP contribution < -0.4 is 10.1 Å². The third kappa shape index (κ3) is 4.49. The summed E-state index contributed by atoms with van der Waals surface area (Å²) in [7, 11) is 0. The molecular formula is C29H33F2N3O2. The lowest BCUT2D eigenvalue weighted by Crippen LogP contribution is -2.51. The van der Waals surface area contributed by atoms with Crippen LogP contribution in [0.5, 0.6) is 5.75 Å². The molecule has 2 aromatic carbocycles. The van der Waals surface area contributed by atoms with Crippen LogP contribution in [0, 0.1) is 11.6 Å². The van der Waals surface area contributed by atoms with Gasteiger partial charge in [0.15, 0.2) is 0 Å². The molecule has 7 heteroatoms. The SMILES string of the molecule is O=C(NC1CCC1)c1cccc2c1CC(N(CCCc1c[nH]c3c(F)cc(F)cc13)C1CCC1)CO2. The highest BCUT2D eigenvalue weighted by atomic mass is 19.1. The van der Waals surface area contributed by atoms with Gasteiger partial charge in [0.05, 0.1) is 5.52 Å². The minimum absolute atomic E-state index is 0.00907. The summed E-state index contributed by atoms with van der Waals surface area (Å²) in [6.07, 6.45) is 11.1. The number of aromatic nitrogens is 1. The standard InChI is InChI=1S/C29H33F2N3O2/c30-19-13-24-18(16-32-28(24)26(31)14-19)5-4-12-34(21-8-2-9-21)22-15-25-23(10-3-11-27(25)36-17-22)29(35)33-20-6-1-7-20/h3,10-11,13-14,16,20-22,32H,1-2,4-9,12,15,17H2,(H,33,35). The molecule has 6 rings (SSSR count). The van der Waals surface area contributed by atoms with Crippen molar-refractivity contribution in [2.45, 2.75) is 75.9 Å². The maximum Gasteiger partial charge on any atom is 0.251 e. The zero-order valence-electron chi connectivity index (χ0n) is 20.5. The van der Waals surface area contributed by atoms with E-state index in [4.69, 9.17) is 4.74 Å². The van der Waals surface area contributed by atoms with Crippen molar-refractivity contribution in [3.05, 3.63) is 64.9 Å². The van der Waals surface area contributed by atoms with Gasteiger partial charge in [0.25, 0.3) is 5.91 Å². The maximum atomic E-state index is 14.1. The largest absolute Gasteiger partial charge is 0.492 e. The number of benzene rings is 2. The molecule has 1 unspecified atom stereocenters. The third-order valence-corrected chi connectivity index (χ3v) is 8.36. The molecule has 2 heterocycles. The first-order valence-electron chi connectivity index (χ1n) is 13.3. The smallest absolute Gasteiger partial charge is 0.251 e. The van der Waals surface area contributed by atoms with Gasteiger partial charge in [-0.05, 0) is 81.7 Å². The second kappa shape index (κ2) is 9.85. The summed E-state index contributed by atoms with van der Waals surface area (Å²) in [4.78, 5) is 18.5. The third-order valence-electron chi connectivity index (χ3n) is 8.36. The number of nitrogens with one attached hydrogen (secondary N) is 2. The number of amides is 1. The van der Waals surface area contributed by atoms with Crippen LogP contribution in [0.25, 0.3) is 10.9 Å². The van der Waals surface area contributed by atoms with Gasteiger partial charge in [-0.1, -0.05) is 12.5 Å². The van der Waals surface area contributed by atoms with E-state index >= 15 is 0 Å². The monoisotopic (exact) mass is 493 g/mol. The van der Waals surface area contributed by atoms with Gasteiger partial charge >= 0.3 is 0 Å². The van der Waals surface area contributed by atoms with E-state index in [1.54, 1.807) is 6.20 Å². The predicted octanol–water partition coefficient (Wildman–Crippen LogP) is 5.52. The van der Waals surface area contributed by atoms with Gasteiger partial charge in [0.1, 0.15) is 24.0 Å². The average molecular weight is 494 g/mol. The van der Waals surface area contributed by atoms with E-state index in [2.05, 4.69) is 15.2 Å². The van der Waals surface area contributed by atoms with E-state index < -0.39 is 11.6 Å². The molecule has 1 aliphatic heterocycles. The molecule has 3 aromatic rings. The van der Waals surface area contributed by atoms with Crippen molar-refractivity contribution in [3.8, 4) is 5.75 Å². The van der Waals surface area contributed by atoms with Gasteiger partial charge in [-0.15, -0.1) is 0 Å². The molecule has 190 valence electrons. The maximum absolute atomic E-state index is 14.1. The van der Waals surface area contributed by atoms with E-state index in [-0.39, 0.29) is 11.9 Å². The zero-order valence-corrected chi connectivity index (χ0v) is 20.5. The van der Waals surface area contributed by atoms with E-state index in [1.807, 2.05) is 18.2 Å². The van der Waals surface area contributed by atoms with Crippen molar-refractivity contribution >= 4 is 16.8 Å². The Kier molecular flexibility index (Phi) is 6.42. The second-order valence-corrected chi connectivity index (χ2v) is 10.6. The molecule has 0 bridgehead atoms. The molecule has 1 aromatic heterocycles. The predicted molar refractivity (Wildman–Crippen MR) is 135 cm³/mol. The first-order valence-corrected chi connectivity index (χ1v) is 13.3. The number of aromatic amines is 1.